The van der Waals surface area contributed by atoms with Crippen molar-refractivity contribution in [2.24, 2.45) is 0 Å². The zero-order valence-corrected chi connectivity index (χ0v) is 14.5. The Balaban J connectivity index is 1.90. The monoisotopic (exact) mass is 386 g/mol. The van der Waals surface area contributed by atoms with Crippen LogP contribution in [-0.4, -0.2) is 17.6 Å². The van der Waals surface area contributed by atoms with Crippen LogP contribution in [0.2, 0.25) is 0 Å². The second-order valence-corrected chi connectivity index (χ2v) is 6.13. The zero-order valence-electron chi connectivity index (χ0n) is 13.0. The average Bonchev–Trinajstić information content (AvgIpc) is 2.58. The van der Waals surface area contributed by atoms with Gasteiger partial charge < -0.3 is 14.6 Å². The predicted molar refractivity (Wildman–Crippen MR) is 97.5 cm³/mol. The predicted octanol–water partition coefficient (Wildman–Crippen LogP) is 3.41. The van der Waals surface area contributed by atoms with E-state index in [-0.39, 0.29) is 17.9 Å². The van der Waals surface area contributed by atoms with Gasteiger partial charge in [-0.1, -0.05) is 28.1 Å². The summed E-state index contributed by atoms with van der Waals surface area (Å²) in [5.74, 6) is 0.391. The van der Waals surface area contributed by atoms with Crippen molar-refractivity contribution in [2.45, 2.75) is 6.54 Å². The molecule has 1 heterocycles. The molecule has 0 aliphatic rings. The van der Waals surface area contributed by atoms with Gasteiger partial charge in [-0.15, -0.1) is 0 Å². The maximum atomic E-state index is 12.4. The van der Waals surface area contributed by atoms with Crippen molar-refractivity contribution >= 4 is 38.4 Å². The number of hydrogen-bond acceptors (Lipinski definition) is 3. The first-order valence-corrected chi connectivity index (χ1v) is 8.09. The number of pyridine rings is 1. The average molecular weight is 387 g/mol. The van der Waals surface area contributed by atoms with Gasteiger partial charge in [0.15, 0.2) is 5.43 Å². The van der Waals surface area contributed by atoms with E-state index in [1.54, 1.807) is 36.1 Å². The highest BCUT2D eigenvalue weighted by Gasteiger charge is 2.10. The molecule has 0 aliphatic carbocycles. The molecule has 2 aromatic carbocycles. The molecule has 0 spiro atoms. The molecule has 0 saturated carbocycles. The smallest absolute Gasteiger partial charge is 0.244 e. The largest absolute Gasteiger partial charge is 0.495 e. The molecule has 1 amide bonds. The van der Waals surface area contributed by atoms with E-state index >= 15 is 0 Å². The SMILES string of the molecule is COc1ccccc1NC(=O)Cn1ccc(=O)c2ccc(Br)cc21. The van der Waals surface area contributed by atoms with E-state index < -0.39 is 0 Å². The molecule has 24 heavy (non-hydrogen) atoms. The minimum atomic E-state index is -0.204. The van der Waals surface area contributed by atoms with Gasteiger partial charge >= 0.3 is 0 Å². The van der Waals surface area contributed by atoms with Gasteiger partial charge in [-0.3, -0.25) is 9.59 Å². The van der Waals surface area contributed by atoms with E-state index in [0.29, 0.717) is 22.3 Å². The van der Waals surface area contributed by atoms with Crippen molar-refractivity contribution in [1.82, 2.24) is 4.57 Å². The molecule has 0 fully saturated rings. The van der Waals surface area contributed by atoms with Crippen LogP contribution in [0.15, 0.2) is 64.0 Å². The summed E-state index contributed by atoms with van der Waals surface area (Å²) in [4.78, 5) is 24.3. The van der Waals surface area contributed by atoms with Crippen LogP contribution in [0.5, 0.6) is 5.75 Å². The van der Waals surface area contributed by atoms with E-state index in [0.717, 1.165) is 4.47 Å². The molecule has 0 radical (unpaired) electrons. The van der Waals surface area contributed by atoms with Gasteiger partial charge in [0.05, 0.1) is 18.3 Å². The number of benzene rings is 2. The van der Waals surface area contributed by atoms with Crippen LogP contribution in [0.1, 0.15) is 0 Å². The highest BCUT2D eigenvalue weighted by Crippen LogP contribution is 2.23. The van der Waals surface area contributed by atoms with Crippen LogP contribution in [0.3, 0.4) is 0 Å². The van der Waals surface area contributed by atoms with Crippen molar-refractivity contribution < 1.29 is 9.53 Å². The summed E-state index contributed by atoms with van der Waals surface area (Å²) in [6.07, 6.45) is 1.62. The lowest BCUT2D eigenvalue weighted by Gasteiger charge is -2.13. The Labute approximate surface area is 147 Å². The summed E-state index contributed by atoms with van der Waals surface area (Å²) in [6.45, 7) is 0.0886. The van der Waals surface area contributed by atoms with Gasteiger partial charge in [0.25, 0.3) is 0 Å². The molecular formula is C18H15BrN2O3. The summed E-state index contributed by atoms with van der Waals surface area (Å²) >= 11 is 3.40. The molecule has 3 rings (SSSR count). The summed E-state index contributed by atoms with van der Waals surface area (Å²) in [7, 11) is 1.55. The number of rotatable bonds is 4. The minimum absolute atomic E-state index is 0.0705. The molecule has 6 heteroatoms. The third-order valence-corrected chi connectivity index (χ3v) is 4.13. The maximum absolute atomic E-state index is 12.4. The highest BCUT2D eigenvalue weighted by atomic mass is 79.9. The zero-order chi connectivity index (χ0) is 17.1. The van der Waals surface area contributed by atoms with Crippen LogP contribution in [-0.2, 0) is 11.3 Å². The molecule has 0 saturated heterocycles. The number of nitrogens with zero attached hydrogens (tertiary/aromatic N) is 1. The van der Waals surface area contributed by atoms with Gasteiger partial charge in [-0.05, 0) is 30.3 Å². The Morgan fingerprint density at radius 2 is 2.00 bits per heavy atom. The number of fused-ring (bicyclic) bond motifs is 1. The third kappa shape index (κ3) is 3.33. The number of amides is 1. The Morgan fingerprint density at radius 1 is 1.21 bits per heavy atom. The number of ether oxygens (including phenoxy) is 1. The second-order valence-electron chi connectivity index (χ2n) is 5.22. The standard InChI is InChI=1S/C18H15BrN2O3/c1-24-17-5-3-2-4-14(17)20-18(23)11-21-9-8-16(22)13-7-6-12(19)10-15(13)21/h2-10H,11H2,1H3,(H,20,23). The molecule has 0 aliphatic heterocycles. The summed E-state index contributed by atoms with van der Waals surface area (Å²) in [5.41, 5.74) is 1.24. The van der Waals surface area contributed by atoms with Gasteiger partial charge in [-0.2, -0.15) is 0 Å². The second kappa shape index (κ2) is 6.88. The van der Waals surface area contributed by atoms with E-state index in [4.69, 9.17) is 4.74 Å². The fourth-order valence-corrected chi connectivity index (χ4v) is 2.86. The number of carbonyl (C=O) groups excluding carboxylic acids is 1. The Morgan fingerprint density at radius 3 is 2.79 bits per heavy atom. The van der Waals surface area contributed by atoms with E-state index in [1.807, 2.05) is 24.3 Å². The van der Waals surface area contributed by atoms with Crippen molar-refractivity contribution in [1.29, 1.82) is 0 Å². The fourth-order valence-electron chi connectivity index (χ4n) is 2.51. The first kappa shape index (κ1) is 16.3. The van der Waals surface area contributed by atoms with Gasteiger partial charge in [0, 0.05) is 22.1 Å². The van der Waals surface area contributed by atoms with Crippen LogP contribution in [0.25, 0.3) is 10.9 Å². The topological polar surface area (TPSA) is 60.3 Å². The number of carbonyl (C=O) groups is 1. The van der Waals surface area contributed by atoms with E-state index in [1.165, 1.54) is 6.07 Å². The molecule has 0 atom stereocenters. The van der Waals surface area contributed by atoms with E-state index in [9.17, 15) is 9.59 Å². The first-order chi connectivity index (χ1) is 11.6. The number of aromatic nitrogens is 1. The Kier molecular flexibility index (Phi) is 4.66. The molecule has 1 aromatic heterocycles. The summed E-state index contributed by atoms with van der Waals surface area (Å²) < 4.78 is 7.82. The van der Waals surface area contributed by atoms with Crippen LogP contribution >= 0.6 is 15.9 Å². The maximum Gasteiger partial charge on any atom is 0.244 e. The Bertz CT molecular complexity index is 966. The number of hydrogen-bond donors (Lipinski definition) is 1. The lowest BCUT2D eigenvalue weighted by Crippen LogP contribution is -2.20. The minimum Gasteiger partial charge on any atom is -0.495 e. The van der Waals surface area contributed by atoms with Gasteiger partial charge in [-0.25, -0.2) is 0 Å². The van der Waals surface area contributed by atoms with Crippen molar-refractivity contribution in [3.63, 3.8) is 0 Å². The molecule has 5 nitrogen and oxygen atoms in total. The summed E-state index contributed by atoms with van der Waals surface area (Å²) in [5, 5.41) is 3.40. The highest BCUT2D eigenvalue weighted by molar-refractivity contribution is 9.10. The van der Waals surface area contributed by atoms with Crippen LogP contribution in [0, 0.1) is 0 Å². The van der Waals surface area contributed by atoms with Crippen LogP contribution < -0.4 is 15.5 Å². The molecule has 0 unspecified atom stereocenters. The van der Waals surface area contributed by atoms with Gasteiger partial charge in [0.2, 0.25) is 5.91 Å². The third-order valence-electron chi connectivity index (χ3n) is 3.64. The fraction of sp³-hybridized carbons (Fsp3) is 0.111. The first-order valence-electron chi connectivity index (χ1n) is 7.30. The number of halogens is 1. The molecule has 122 valence electrons. The Hall–Kier alpha value is -2.60. The number of para-hydroxylation sites is 2. The normalized spacial score (nSPS) is 10.6. The van der Waals surface area contributed by atoms with E-state index in [2.05, 4.69) is 21.2 Å². The van der Waals surface area contributed by atoms with Crippen molar-refractivity contribution in [3.05, 3.63) is 69.4 Å². The molecule has 3 aromatic rings. The molecular weight excluding hydrogens is 372 g/mol. The van der Waals surface area contributed by atoms with Crippen molar-refractivity contribution in [2.75, 3.05) is 12.4 Å². The number of anilines is 1. The van der Waals surface area contributed by atoms with Crippen molar-refractivity contribution in [3.8, 4) is 5.75 Å². The quantitative estimate of drug-likeness (QED) is 0.747. The lowest BCUT2D eigenvalue weighted by atomic mass is 10.2. The number of methoxy groups -OCH3 is 1. The molecule has 0 bridgehead atoms. The van der Waals surface area contributed by atoms with Gasteiger partial charge in [0.1, 0.15) is 12.3 Å². The van der Waals surface area contributed by atoms with Crippen LogP contribution in [0.4, 0.5) is 5.69 Å². The summed E-state index contributed by atoms with van der Waals surface area (Å²) in [6, 6.07) is 14.1. The molecule has 1 N–H and O–H groups in total. The number of nitrogens with one attached hydrogen (secondary N) is 1. The lowest BCUT2D eigenvalue weighted by molar-refractivity contribution is -0.116.